The SMILES string of the molecule is CC(C)(C)OC(=O)Nc1c(F)cc(Cl)cc1Br. The Morgan fingerprint density at radius 3 is 2.53 bits per heavy atom. The summed E-state index contributed by atoms with van der Waals surface area (Å²) in [5, 5.41) is 2.56. The molecular weight excluding hydrogens is 312 g/mol. The molecule has 6 heteroatoms. The molecule has 94 valence electrons. The molecule has 0 bridgehead atoms. The zero-order valence-electron chi connectivity index (χ0n) is 9.61. The van der Waals surface area contributed by atoms with E-state index in [1.54, 1.807) is 20.8 Å². The molecule has 1 rings (SSSR count). The van der Waals surface area contributed by atoms with E-state index in [-0.39, 0.29) is 10.7 Å². The number of halogens is 3. The summed E-state index contributed by atoms with van der Waals surface area (Å²) in [5.41, 5.74) is -0.636. The maximum atomic E-state index is 13.5. The van der Waals surface area contributed by atoms with E-state index in [1.165, 1.54) is 6.07 Å². The average molecular weight is 325 g/mol. The van der Waals surface area contributed by atoms with E-state index in [0.29, 0.717) is 4.47 Å². The molecule has 0 saturated heterocycles. The number of amides is 1. The van der Waals surface area contributed by atoms with Gasteiger partial charge in [0.15, 0.2) is 0 Å². The Kier molecular flexibility index (Phi) is 4.38. The van der Waals surface area contributed by atoms with Crippen molar-refractivity contribution in [1.82, 2.24) is 0 Å². The molecule has 0 aliphatic heterocycles. The van der Waals surface area contributed by atoms with Gasteiger partial charge in [-0.25, -0.2) is 9.18 Å². The van der Waals surface area contributed by atoms with Crippen molar-refractivity contribution in [3.05, 3.63) is 27.4 Å². The molecule has 3 nitrogen and oxygen atoms in total. The quantitative estimate of drug-likeness (QED) is 0.820. The molecule has 1 amide bonds. The molecule has 0 aromatic heterocycles. The monoisotopic (exact) mass is 323 g/mol. The van der Waals surface area contributed by atoms with E-state index in [2.05, 4.69) is 21.2 Å². The summed E-state index contributed by atoms with van der Waals surface area (Å²) in [4.78, 5) is 11.5. The summed E-state index contributed by atoms with van der Waals surface area (Å²) >= 11 is 8.76. The zero-order valence-corrected chi connectivity index (χ0v) is 11.9. The van der Waals surface area contributed by atoms with Crippen LogP contribution in [0.1, 0.15) is 20.8 Å². The second-order valence-electron chi connectivity index (χ2n) is 4.37. The smallest absolute Gasteiger partial charge is 0.412 e. The van der Waals surface area contributed by atoms with Gasteiger partial charge >= 0.3 is 6.09 Å². The van der Waals surface area contributed by atoms with Crippen LogP contribution in [0, 0.1) is 5.82 Å². The highest BCUT2D eigenvalue weighted by molar-refractivity contribution is 9.10. The highest BCUT2D eigenvalue weighted by Gasteiger charge is 2.18. The van der Waals surface area contributed by atoms with Crippen LogP contribution in [-0.2, 0) is 4.74 Å². The number of nitrogens with one attached hydrogen (secondary N) is 1. The third kappa shape index (κ3) is 4.52. The minimum Gasteiger partial charge on any atom is -0.444 e. The standard InChI is InChI=1S/C11H12BrClFNO2/c1-11(2,3)17-10(16)15-9-7(12)4-6(13)5-8(9)14/h4-5H,1-3H3,(H,15,16). The molecule has 0 aliphatic rings. The average Bonchev–Trinajstić information content (AvgIpc) is 2.08. The minimum absolute atomic E-state index is 0.00338. The number of carbonyl (C=O) groups is 1. The maximum Gasteiger partial charge on any atom is 0.412 e. The molecule has 0 spiro atoms. The first-order chi connectivity index (χ1) is 7.69. The first kappa shape index (κ1) is 14.3. The van der Waals surface area contributed by atoms with Crippen LogP contribution < -0.4 is 5.32 Å². The fourth-order valence-corrected chi connectivity index (χ4v) is 1.94. The van der Waals surface area contributed by atoms with Crippen molar-refractivity contribution in [2.75, 3.05) is 5.32 Å². The van der Waals surface area contributed by atoms with Gasteiger partial charge in [0.05, 0.1) is 5.69 Å². The highest BCUT2D eigenvalue weighted by Crippen LogP contribution is 2.29. The van der Waals surface area contributed by atoms with E-state index in [0.717, 1.165) is 6.07 Å². The molecule has 0 saturated carbocycles. The van der Waals surface area contributed by atoms with Crippen LogP contribution in [-0.4, -0.2) is 11.7 Å². The molecule has 0 atom stereocenters. The predicted octanol–water partition coefficient (Wildman–Crippen LogP) is 4.59. The Balaban J connectivity index is 2.86. The van der Waals surface area contributed by atoms with Gasteiger partial charge in [0.25, 0.3) is 0 Å². The lowest BCUT2D eigenvalue weighted by Crippen LogP contribution is -2.27. The van der Waals surface area contributed by atoms with Crippen LogP contribution in [0.25, 0.3) is 0 Å². The zero-order chi connectivity index (χ0) is 13.2. The second kappa shape index (κ2) is 5.23. The summed E-state index contributed by atoms with van der Waals surface area (Å²) in [5.74, 6) is -0.629. The lowest BCUT2D eigenvalue weighted by Gasteiger charge is -2.20. The predicted molar refractivity (Wildman–Crippen MR) is 69.0 cm³/mol. The fraction of sp³-hybridized carbons (Fsp3) is 0.364. The van der Waals surface area contributed by atoms with Gasteiger partial charge in [0.1, 0.15) is 11.4 Å². The molecular formula is C11H12BrClFNO2. The number of ether oxygens (including phenoxy) is 1. The van der Waals surface area contributed by atoms with Crippen molar-refractivity contribution in [3.8, 4) is 0 Å². The fourth-order valence-electron chi connectivity index (χ4n) is 1.07. The van der Waals surface area contributed by atoms with Gasteiger partial charge in [0, 0.05) is 9.50 Å². The van der Waals surface area contributed by atoms with Gasteiger partial charge in [-0.3, -0.25) is 5.32 Å². The largest absolute Gasteiger partial charge is 0.444 e. The Hall–Kier alpha value is -0.810. The minimum atomic E-state index is -0.723. The number of anilines is 1. The highest BCUT2D eigenvalue weighted by atomic mass is 79.9. The van der Waals surface area contributed by atoms with Gasteiger partial charge in [-0.2, -0.15) is 0 Å². The van der Waals surface area contributed by atoms with E-state index in [9.17, 15) is 9.18 Å². The summed E-state index contributed by atoms with van der Waals surface area (Å²) in [6.07, 6.45) is -0.723. The van der Waals surface area contributed by atoms with Crippen molar-refractivity contribution < 1.29 is 13.9 Å². The van der Waals surface area contributed by atoms with Crippen LogP contribution in [0.2, 0.25) is 5.02 Å². The topological polar surface area (TPSA) is 38.3 Å². The molecule has 1 N–H and O–H groups in total. The number of hydrogen-bond donors (Lipinski definition) is 1. The van der Waals surface area contributed by atoms with Crippen LogP contribution in [0.3, 0.4) is 0 Å². The normalized spacial score (nSPS) is 11.2. The lowest BCUT2D eigenvalue weighted by molar-refractivity contribution is 0.0635. The lowest BCUT2D eigenvalue weighted by atomic mass is 10.2. The summed E-state index contributed by atoms with van der Waals surface area (Å²) in [7, 11) is 0. The first-order valence-corrected chi connectivity index (χ1v) is 6.00. The Morgan fingerprint density at radius 2 is 2.06 bits per heavy atom. The third-order valence-electron chi connectivity index (χ3n) is 1.63. The molecule has 0 fully saturated rings. The van der Waals surface area contributed by atoms with Gasteiger partial charge in [-0.1, -0.05) is 11.6 Å². The number of benzene rings is 1. The Bertz CT molecular complexity index is 423. The van der Waals surface area contributed by atoms with Crippen molar-refractivity contribution >= 4 is 39.3 Å². The van der Waals surface area contributed by atoms with Gasteiger partial charge in [-0.15, -0.1) is 0 Å². The Labute approximate surface area is 112 Å². The third-order valence-corrected chi connectivity index (χ3v) is 2.48. The number of rotatable bonds is 1. The molecule has 0 aliphatic carbocycles. The van der Waals surface area contributed by atoms with Gasteiger partial charge < -0.3 is 4.74 Å². The van der Waals surface area contributed by atoms with Crippen LogP contribution >= 0.6 is 27.5 Å². The van der Waals surface area contributed by atoms with Gasteiger partial charge in [-0.05, 0) is 48.8 Å². The molecule has 17 heavy (non-hydrogen) atoms. The number of carbonyl (C=O) groups excluding carboxylic acids is 1. The van der Waals surface area contributed by atoms with Crippen LogP contribution in [0.4, 0.5) is 14.9 Å². The van der Waals surface area contributed by atoms with Crippen molar-refractivity contribution in [1.29, 1.82) is 0 Å². The molecule has 0 heterocycles. The first-order valence-electron chi connectivity index (χ1n) is 4.83. The van der Waals surface area contributed by atoms with Crippen molar-refractivity contribution in [2.24, 2.45) is 0 Å². The number of hydrogen-bond acceptors (Lipinski definition) is 2. The van der Waals surface area contributed by atoms with E-state index in [4.69, 9.17) is 16.3 Å². The van der Waals surface area contributed by atoms with Crippen LogP contribution in [0.5, 0.6) is 0 Å². The second-order valence-corrected chi connectivity index (χ2v) is 5.66. The maximum absolute atomic E-state index is 13.5. The van der Waals surface area contributed by atoms with Crippen molar-refractivity contribution in [3.63, 3.8) is 0 Å². The molecule has 0 radical (unpaired) electrons. The van der Waals surface area contributed by atoms with E-state index < -0.39 is 17.5 Å². The molecule has 0 unspecified atom stereocenters. The summed E-state index contributed by atoms with van der Waals surface area (Å²) < 4.78 is 18.9. The van der Waals surface area contributed by atoms with E-state index >= 15 is 0 Å². The summed E-state index contributed by atoms with van der Waals surface area (Å²) in [6.45, 7) is 5.17. The summed E-state index contributed by atoms with van der Waals surface area (Å²) in [6, 6.07) is 2.59. The van der Waals surface area contributed by atoms with Crippen molar-refractivity contribution in [2.45, 2.75) is 26.4 Å². The Morgan fingerprint density at radius 1 is 1.47 bits per heavy atom. The van der Waals surface area contributed by atoms with Crippen LogP contribution in [0.15, 0.2) is 16.6 Å². The molecule has 1 aromatic rings. The van der Waals surface area contributed by atoms with E-state index in [1.807, 2.05) is 0 Å². The van der Waals surface area contributed by atoms with Gasteiger partial charge in [0.2, 0.25) is 0 Å². The molecule has 1 aromatic carbocycles.